The van der Waals surface area contributed by atoms with E-state index in [2.05, 4.69) is 0 Å². The topological polar surface area (TPSA) is 69.8 Å². The summed E-state index contributed by atoms with van der Waals surface area (Å²) in [6.07, 6.45) is 0. The van der Waals surface area contributed by atoms with Crippen LogP contribution >= 0.6 is 46.2 Å². The van der Waals surface area contributed by atoms with E-state index >= 15 is 0 Å². The number of hydrogen-bond donors (Lipinski definition) is 0. The minimum Gasteiger partial charge on any atom is -0.268 e. The molecule has 4 heterocycles. The second kappa shape index (κ2) is 11.0. The van der Waals surface area contributed by atoms with Crippen LogP contribution in [0.3, 0.4) is 0 Å². The number of aromatic nitrogens is 4. The van der Waals surface area contributed by atoms with Crippen LogP contribution in [0.5, 0.6) is 0 Å². The fraction of sp³-hybridized carbons (Fsp3) is 0.200. The van der Waals surface area contributed by atoms with Gasteiger partial charge in [-0.25, -0.2) is 9.97 Å². The largest absolute Gasteiger partial charge is 0.268 e. The number of thiophene rings is 2. The van der Waals surface area contributed by atoms with Crippen molar-refractivity contribution in [1.82, 2.24) is 19.1 Å². The van der Waals surface area contributed by atoms with Gasteiger partial charge in [0.25, 0.3) is 11.1 Å². The Balaban J connectivity index is 1.34. The van der Waals surface area contributed by atoms with Crippen LogP contribution in [-0.4, -0.2) is 30.6 Å². The average Bonchev–Trinajstić information content (AvgIpc) is 3.41. The van der Waals surface area contributed by atoms with Gasteiger partial charge in [0.05, 0.1) is 22.1 Å². The van der Waals surface area contributed by atoms with Crippen LogP contribution in [0.4, 0.5) is 0 Å². The molecule has 0 aliphatic heterocycles. The molecule has 10 heteroatoms. The zero-order chi connectivity index (χ0) is 28.0. The number of para-hydroxylation sites is 2. The van der Waals surface area contributed by atoms with E-state index < -0.39 is 0 Å². The molecule has 0 saturated heterocycles. The summed E-state index contributed by atoms with van der Waals surface area (Å²) in [4.78, 5) is 41.0. The highest BCUT2D eigenvalue weighted by atomic mass is 32.2. The van der Waals surface area contributed by atoms with Crippen molar-refractivity contribution in [2.24, 2.45) is 0 Å². The van der Waals surface area contributed by atoms with Gasteiger partial charge in [-0.2, -0.15) is 0 Å². The SMILES string of the molecule is Cc1sc2nc(SCCSc3nc4sc(C)c(C)c4c(=O)n3-c3ccccc3)n(-c3ccccc3)c(=O)c2c1C. The van der Waals surface area contributed by atoms with Gasteiger partial charge in [0.1, 0.15) is 9.66 Å². The highest BCUT2D eigenvalue weighted by molar-refractivity contribution is 8.02. The molecular formula is C30H26N4O2S4. The van der Waals surface area contributed by atoms with Crippen molar-refractivity contribution in [2.45, 2.75) is 38.0 Å². The molecule has 0 amide bonds. The summed E-state index contributed by atoms with van der Waals surface area (Å²) in [7, 11) is 0. The Morgan fingerprint density at radius 3 is 1.38 bits per heavy atom. The van der Waals surface area contributed by atoms with Crippen LogP contribution in [0.1, 0.15) is 20.9 Å². The normalized spacial score (nSPS) is 11.6. The van der Waals surface area contributed by atoms with Gasteiger partial charge in [-0.05, 0) is 63.1 Å². The van der Waals surface area contributed by atoms with E-state index in [-0.39, 0.29) is 11.1 Å². The minimum absolute atomic E-state index is 0.0401. The number of fused-ring (bicyclic) bond motifs is 2. The Labute approximate surface area is 247 Å². The fourth-order valence-electron chi connectivity index (χ4n) is 4.62. The minimum atomic E-state index is -0.0401. The third-order valence-electron chi connectivity index (χ3n) is 6.92. The third kappa shape index (κ3) is 4.72. The molecule has 0 radical (unpaired) electrons. The predicted octanol–water partition coefficient (Wildman–Crippen LogP) is 7.33. The number of hydrogen-bond acceptors (Lipinski definition) is 8. The second-order valence-corrected chi connectivity index (χ2v) is 13.9. The van der Waals surface area contributed by atoms with E-state index in [0.29, 0.717) is 32.6 Å². The Morgan fingerprint density at radius 1 is 0.625 bits per heavy atom. The maximum atomic E-state index is 13.7. The van der Waals surface area contributed by atoms with Gasteiger partial charge < -0.3 is 0 Å². The molecular weight excluding hydrogens is 577 g/mol. The Bertz CT molecular complexity index is 1840. The second-order valence-electron chi connectivity index (χ2n) is 9.36. The van der Waals surface area contributed by atoms with Crippen molar-refractivity contribution in [1.29, 1.82) is 0 Å². The molecule has 6 rings (SSSR count). The van der Waals surface area contributed by atoms with Crippen LogP contribution in [0.15, 0.2) is 80.6 Å². The van der Waals surface area contributed by atoms with Crippen molar-refractivity contribution in [3.63, 3.8) is 0 Å². The molecule has 0 aliphatic rings. The summed E-state index contributed by atoms with van der Waals surface area (Å²) in [5.41, 5.74) is 3.51. The lowest BCUT2D eigenvalue weighted by atomic mass is 10.2. The Hall–Kier alpha value is -3.18. The molecule has 0 saturated carbocycles. The van der Waals surface area contributed by atoms with Gasteiger partial charge in [-0.1, -0.05) is 59.9 Å². The van der Waals surface area contributed by atoms with Crippen molar-refractivity contribution in [3.8, 4) is 11.4 Å². The lowest BCUT2D eigenvalue weighted by molar-refractivity contribution is 0.820. The Morgan fingerprint density at radius 2 is 1.00 bits per heavy atom. The standard InChI is InChI=1S/C30H26N4O2S4/c1-17-19(3)39-25-23(17)27(35)33(21-11-7-5-8-12-21)29(31-25)37-15-16-38-30-32-26-24(18(2)20(4)40-26)28(36)34(30)22-13-9-6-10-14-22/h5-14H,15-16H2,1-4H3. The van der Waals surface area contributed by atoms with E-state index in [0.717, 1.165) is 41.9 Å². The van der Waals surface area contributed by atoms with Crippen molar-refractivity contribution in [3.05, 3.63) is 102 Å². The molecule has 0 spiro atoms. The summed E-state index contributed by atoms with van der Waals surface area (Å²) >= 11 is 6.22. The van der Waals surface area contributed by atoms with Crippen LogP contribution in [0, 0.1) is 27.7 Å². The van der Waals surface area contributed by atoms with Crippen molar-refractivity contribution >= 4 is 66.6 Å². The van der Waals surface area contributed by atoms with Crippen molar-refractivity contribution in [2.75, 3.05) is 11.5 Å². The van der Waals surface area contributed by atoms with Gasteiger partial charge in [0.2, 0.25) is 0 Å². The van der Waals surface area contributed by atoms with Crippen LogP contribution in [-0.2, 0) is 0 Å². The zero-order valence-electron chi connectivity index (χ0n) is 22.4. The summed E-state index contributed by atoms with van der Waals surface area (Å²) in [5.74, 6) is 1.37. The molecule has 0 N–H and O–H groups in total. The number of thioether (sulfide) groups is 2. The van der Waals surface area contributed by atoms with Crippen LogP contribution in [0.2, 0.25) is 0 Å². The highest BCUT2D eigenvalue weighted by Crippen LogP contribution is 2.32. The zero-order valence-corrected chi connectivity index (χ0v) is 25.7. The van der Waals surface area contributed by atoms with Crippen molar-refractivity contribution < 1.29 is 0 Å². The molecule has 6 aromatic rings. The number of rotatable bonds is 7. The first-order chi connectivity index (χ1) is 19.3. The molecule has 0 bridgehead atoms. The van der Waals surface area contributed by atoms with Crippen LogP contribution < -0.4 is 11.1 Å². The molecule has 4 aromatic heterocycles. The molecule has 202 valence electrons. The number of aryl methyl sites for hydroxylation is 4. The third-order valence-corrected chi connectivity index (χ3v) is 11.3. The summed E-state index contributed by atoms with van der Waals surface area (Å²) in [6.45, 7) is 8.04. The molecule has 0 atom stereocenters. The lowest BCUT2D eigenvalue weighted by Gasteiger charge is -2.13. The van der Waals surface area contributed by atoms with Gasteiger partial charge in [0.15, 0.2) is 10.3 Å². The monoisotopic (exact) mass is 602 g/mol. The molecule has 0 unspecified atom stereocenters. The maximum absolute atomic E-state index is 13.7. The van der Waals surface area contributed by atoms with Crippen LogP contribution in [0.25, 0.3) is 31.8 Å². The van der Waals surface area contributed by atoms with Gasteiger partial charge in [-0.15, -0.1) is 22.7 Å². The average molecular weight is 603 g/mol. The smallest absolute Gasteiger partial charge is 0.267 e. The fourth-order valence-corrected chi connectivity index (χ4v) is 8.75. The first kappa shape index (κ1) is 27.0. The maximum Gasteiger partial charge on any atom is 0.267 e. The van der Waals surface area contributed by atoms with E-state index in [1.165, 1.54) is 0 Å². The molecule has 40 heavy (non-hydrogen) atoms. The molecule has 2 aromatic carbocycles. The van der Waals surface area contributed by atoms with E-state index in [9.17, 15) is 9.59 Å². The molecule has 0 aliphatic carbocycles. The summed E-state index contributed by atoms with van der Waals surface area (Å²) < 4.78 is 3.44. The summed E-state index contributed by atoms with van der Waals surface area (Å²) in [5, 5.41) is 2.71. The Kier molecular flexibility index (Phi) is 7.43. The van der Waals surface area contributed by atoms with E-state index in [1.807, 2.05) is 88.4 Å². The highest BCUT2D eigenvalue weighted by Gasteiger charge is 2.20. The quantitative estimate of drug-likeness (QED) is 0.108. The van der Waals surface area contributed by atoms with E-state index in [4.69, 9.17) is 9.97 Å². The molecule has 0 fully saturated rings. The lowest BCUT2D eigenvalue weighted by Crippen LogP contribution is -2.22. The predicted molar refractivity (Wildman–Crippen MR) is 171 cm³/mol. The number of benzene rings is 2. The van der Waals surface area contributed by atoms with Gasteiger partial charge in [0, 0.05) is 21.3 Å². The molecule has 6 nitrogen and oxygen atoms in total. The van der Waals surface area contributed by atoms with Gasteiger partial charge >= 0.3 is 0 Å². The first-order valence-corrected chi connectivity index (χ1v) is 16.4. The van der Waals surface area contributed by atoms with Gasteiger partial charge in [-0.3, -0.25) is 18.7 Å². The first-order valence-electron chi connectivity index (χ1n) is 12.8. The summed E-state index contributed by atoms with van der Waals surface area (Å²) in [6, 6.07) is 19.3. The number of nitrogens with zero attached hydrogens (tertiary/aromatic N) is 4. The van der Waals surface area contributed by atoms with E-state index in [1.54, 1.807) is 55.3 Å².